The fourth-order valence-electron chi connectivity index (χ4n) is 1.98. The predicted octanol–water partition coefficient (Wildman–Crippen LogP) is 1.62. The van der Waals surface area contributed by atoms with Gasteiger partial charge in [-0.3, -0.25) is 9.67 Å². The first kappa shape index (κ1) is 15.7. The molecule has 2 N–H and O–H groups in total. The first-order valence-corrected chi connectivity index (χ1v) is 6.83. The zero-order valence-electron chi connectivity index (χ0n) is 13.3. The van der Waals surface area contributed by atoms with Gasteiger partial charge >= 0.3 is 0 Å². The monoisotopic (exact) mass is 303 g/mol. The number of benzene rings is 1. The largest absolute Gasteiger partial charge is 0.493 e. The van der Waals surface area contributed by atoms with Crippen LogP contribution in [0, 0.1) is 0 Å². The Balaban J connectivity index is 2.01. The van der Waals surface area contributed by atoms with Crippen molar-refractivity contribution in [3.05, 3.63) is 36.2 Å². The molecule has 0 amide bonds. The topological polar surface area (TPSA) is 72.7 Å². The number of hydrogen-bond donors (Lipinski definition) is 2. The van der Waals surface area contributed by atoms with Crippen molar-refractivity contribution in [3.8, 4) is 11.5 Å². The van der Waals surface area contributed by atoms with Crippen molar-refractivity contribution in [3.63, 3.8) is 0 Å². The average molecular weight is 303 g/mol. The molecule has 1 heterocycles. The van der Waals surface area contributed by atoms with E-state index < -0.39 is 0 Å². The van der Waals surface area contributed by atoms with Gasteiger partial charge < -0.3 is 20.1 Å². The Kier molecular flexibility index (Phi) is 5.24. The second-order valence-corrected chi connectivity index (χ2v) is 4.64. The summed E-state index contributed by atoms with van der Waals surface area (Å²) >= 11 is 0. The number of aromatic nitrogens is 2. The number of hydrogen-bond acceptors (Lipinski definition) is 4. The summed E-state index contributed by atoms with van der Waals surface area (Å²) in [4.78, 5) is 4.20. The van der Waals surface area contributed by atoms with Crippen LogP contribution in [0.4, 0.5) is 5.69 Å². The zero-order chi connectivity index (χ0) is 15.9. The van der Waals surface area contributed by atoms with Gasteiger partial charge in [0.2, 0.25) is 0 Å². The Morgan fingerprint density at radius 1 is 1.27 bits per heavy atom. The molecule has 0 spiro atoms. The summed E-state index contributed by atoms with van der Waals surface area (Å²) in [5.41, 5.74) is 1.94. The lowest BCUT2D eigenvalue weighted by Gasteiger charge is -2.13. The SMILES string of the molecule is CN=C(NCc1cnn(C)c1)Nc1ccc(OC)c(OC)c1. The van der Waals surface area contributed by atoms with Crippen molar-refractivity contribution >= 4 is 11.6 Å². The Morgan fingerprint density at radius 3 is 2.64 bits per heavy atom. The molecule has 0 bridgehead atoms. The van der Waals surface area contributed by atoms with Gasteiger partial charge in [-0.2, -0.15) is 5.10 Å². The van der Waals surface area contributed by atoms with Crippen molar-refractivity contribution in [2.24, 2.45) is 12.0 Å². The van der Waals surface area contributed by atoms with Crippen LogP contribution >= 0.6 is 0 Å². The number of ether oxygens (including phenoxy) is 2. The lowest BCUT2D eigenvalue weighted by molar-refractivity contribution is 0.355. The van der Waals surface area contributed by atoms with Gasteiger partial charge in [-0.05, 0) is 12.1 Å². The van der Waals surface area contributed by atoms with Crippen molar-refractivity contribution in [2.75, 3.05) is 26.6 Å². The summed E-state index contributed by atoms with van der Waals surface area (Å²) in [6.45, 7) is 0.640. The Labute approximate surface area is 130 Å². The fraction of sp³-hybridized carbons (Fsp3) is 0.333. The minimum absolute atomic E-state index is 0.640. The zero-order valence-corrected chi connectivity index (χ0v) is 13.3. The summed E-state index contributed by atoms with van der Waals surface area (Å²) in [6, 6.07) is 5.60. The van der Waals surface area contributed by atoms with Gasteiger partial charge in [0.05, 0.1) is 20.4 Å². The molecule has 0 radical (unpaired) electrons. The van der Waals surface area contributed by atoms with E-state index in [9.17, 15) is 0 Å². The number of rotatable bonds is 5. The van der Waals surface area contributed by atoms with Gasteiger partial charge in [0.1, 0.15) is 0 Å². The van der Waals surface area contributed by atoms with Crippen molar-refractivity contribution in [1.29, 1.82) is 0 Å². The standard InChI is InChI=1S/C15H21N5O2/c1-16-15(17-8-11-9-18-20(2)10-11)19-12-5-6-13(21-3)14(7-12)22-4/h5-7,9-10H,8H2,1-4H3,(H2,16,17,19). The summed E-state index contributed by atoms with van der Waals surface area (Å²) in [5.74, 6) is 2.01. The maximum absolute atomic E-state index is 5.29. The molecule has 0 unspecified atom stereocenters. The molecule has 0 aliphatic rings. The highest BCUT2D eigenvalue weighted by atomic mass is 16.5. The molecule has 0 aliphatic heterocycles. The molecule has 2 aromatic rings. The first-order chi connectivity index (χ1) is 10.7. The highest BCUT2D eigenvalue weighted by Crippen LogP contribution is 2.29. The van der Waals surface area contributed by atoms with Gasteiger partial charge in [-0.25, -0.2) is 0 Å². The van der Waals surface area contributed by atoms with Gasteiger partial charge in [0.25, 0.3) is 0 Å². The summed E-state index contributed by atoms with van der Waals surface area (Å²) < 4.78 is 12.3. The van der Waals surface area contributed by atoms with E-state index in [4.69, 9.17) is 9.47 Å². The van der Waals surface area contributed by atoms with E-state index in [1.165, 1.54) is 0 Å². The molecular formula is C15H21N5O2. The fourth-order valence-corrected chi connectivity index (χ4v) is 1.98. The van der Waals surface area contributed by atoms with Crippen LogP contribution in [0.15, 0.2) is 35.6 Å². The molecule has 1 aromatic heterocycles. The van der Waals surface area contributed by atoms with Crippen LogP contribution in [0.25, 0.3) is 0 Å². The van der Waals surface area contributed by atoms with E-state index in [-0.39, 0.29) is 0 Å². The Bertz CT molecular complexity index is 651. The number of anilines is 1. The van der Waals surface area contributed by atoms with Gasteiger partial charge in [0, 0.05) is 44.2 Å². The lowest BCUT2D eigenvalue weighted by atomic mass is 10.2. The number of nitrogens with zero attached hydrogens (tertiary/aromatic N) is 3. The predicted molar refractivity (Wildman–Crippen MR) is 86.6 cm³/mol. The highest BCUT2D eigenvalue weighted by Gasteiger charge is 2.06. The number of methoxy groups -OCH3 is 2. The molecule has 7 nitrogen and oxygen atoms in total. The van der Waals surface area contributed by atoms with E-state index in [0.29, 0.717) is 24.0 Å². The Morgan fingerprint density at radius 2 is 2.05 bits per heavy atom. The quantitative estimate of drug-likeness (QED) is 0.649. The molecule has 0 atom stereocenters. The van der Waals surface area contributed by atoms with Crippen LogP contribution in [0.1, 0.15) is 5.56 Å². The van der Waals surface area contributed by atoms with Gasteiger partial charge in [-0.15, -0.1) is 0 Å². The third kappa shape index (κ3) is 3.91. The van der Waals surface area contributed by atoms with Crippen LogP contribution in [0.2, 0.25) is 0 Å². The lowest BCUT2D eigenvalue weighted by Crippen LogP contribution is -2.30. The Hall–Kier alpha value is -2.70. The number of aliphatic imine (C=N–C) groups is 1. The average Bonchev–Trinajstić information content (AvgIpc) is 2.96. The molecule has 0 saturated carbocycles. The molecule has 22 heavy (non-hydrogen) atoms. The molecule has 0 saturated heterocycles. The van der Waals surface area contributed by atoms with E-state index in [0.717, 1.165) is 11.3 Å². The van der Waals surface area contributed by atoms with E-state index in [1.807, 2.05) is 37.6 Å². The van der Waals surface area contributed by atoms with Crippen molar-refractivity contribution in [1.82, 2.24) is 15.1 Å². The molecule has 0 fully saturated rings. The minimum Gasteiger partial charge on any atom is -0.493 e. The van der Waals surface area contributed by atoms with Crippen LogP contribution in [-0.2, 0) is 13.6 Å². The van der Waals surface area contributed by atoms with Crippen molar-refractivity contribution < 1.29 is 9.47 Å². The summed E-state index contributed by atoms with van der Waals surface area (Å²) in [7, 11) is 6.83. The number of aryl methyl sites for hydroxylation is 1. The molecule has 0 aliphatic carbocycles. The van der Waals surface area contributed by atoms with Crippen LogP contribution < -0.4 is 20.1 Å². The van der Waals surface area contributed by atoms with E-state index >= 15 is 0 Å². The smallest absolute Gasteiger partial charge is 0.195 e. The van der Waals surface area contributed by atoms with Crippen molar-refractivity contribution in [2.45, 2.75) is 6.54 Å². The van der Waals surface area contributed by atoms with E-state index in [1.54, 1.807) is 25.9 Å². The third-order valence-electron chi connectivity index (χ3n) is 3.09. The number of nitrogens with one attached hydrogen (secondary N) is 2. The molecule has 7 heteroatoms. The van der Waals surface area contributed by atoms with Crippen LogP contribution in [-0.4, -0.2) is 37.0 Å². The maximum atomic E-state index is 5.29. The molecule has 118 valence electrons. The van der Waals surface area contributed by atoms with Crippen LogP contribution in [0.5, 0.6) is 11.5 Å². The molecule has 1 aromatic carbocycles. The minimum atomic E-state index is 0.640. The maximum Gasteiger partial charge on any atom is 0.195 e. The van der Waals surface area contributed by atoms with Gasteiger partial charge in [-0.1, -0.05) is 0 Å². The van der Waals surface area contributed by atoms with Crippen LogP contribution in [0.3, 0.4) is 0 Å². The molecular weight excluding hydrogens is 282 g/mol. The summed E-state index contributed by atoms with van der Waals surface area (Å²) in [5, 5.41) is 10.6. The second-order valence-electron chi connectivity index (χ2n) is 4.64. The van der Waals surface area contributed by atoms with E-state index in [2.05, 4.69) is 20.7 Å². The summed E-state index contributed by atoms with van der Waals surface area (Å²) in [6.07, 6.45) is 3.77. The third-order valence-corrected chi connectivity index (χ3v) is 3.09. The van der Waals surface area contributed by atoms with Gasteiger partial charge in [0.15, 0.2) is 17.5 Å². The number of guanidine groups is 1. The highest BCUT2D eigenvalue weighted by molar-refractivity contribution is 5.93. The molecule has 2 rings (SSSR count). The normalized spacial score (nSPS) is 11.2. The first-order valence-electron chi connectivity index (χ1n) is 6.83. The second kappa shape index (κ2) is 7.35.